The van der Waals surface area contributed by atoms with Crippen LogP contribution in [-0.2, 0) is 4.79 Å². The smallest absolute Gasteiger partial charge is 0.230 e. The van der Waals surface area contributed by atoms with E-state index in [0.29, 0.717) is 12.5 Å². The zero-order valence-corrected chi connectivity index (χ0v) is 10.6. The summed E-state index contributed by atoms with van der Waals surface area (Å²) in [7, 11) is 0. The van der Waals surface area contributed by atoms with E-state index in [2.05, 4.69) is 17.4 Å². The van der Waals surface area contributed by atoms with Crippen LogP contribution in [0.15, 0.2) is 5.16 Å². The van der Waals surface area contributed by atoms with Crippen LogP contribution in [-0.4, -0.2) is 23.5 Å². The number of carbonyl (C=O) groups excluding carboxylic acids is 1. The second kappa shape index (κ2) is 6.47. The lowest BCUT2D eigenvalue weighted by molar-refractivity contribution is -0.122. The topological polar surface area (TPSA) is 87.7 Å². The predicted molar refractivity (Wildman–Crippen MR) is 66.7 cm³/mol. The van der Waals surface area contributed by atoms with Crippen molar-refractivity contribution in [1.82, 2.24) is 5.32 Å². The van der Waals surface area contributed by atoms with Gasteiger partial charge in [-0.25, -0.2) is 0 Å². The molecule has 0 bridgehead atoms. The Morgan fingerprint density at radius 3 is 2.88 bits per heavy atom. The van der Waals surface area contributed by atoms with Crippen molar-refractivity contribution in [2.24, 2.45) is 28.6 Å². The van der Waals surface area contributed by atoms with Gasteiger partial charge in [-0.05, 0) is 31.6 Å². The van der Waals surface area contributed by atoms with E-state index < -0.39 is 5.92 Å². The van der Waals surface area contributed by atoms with Crippen molar-refractivity contribution < 1.29 is 10.0 Å². The zero-order valence-electron chi connectivity index (χ0n) is 10.6. The number of nitrogens with one attached hydrogen (secondary N) is 1. The Kier molecular flexibility index (Phi) is 5.25. The molecule has 0 heterocycles. The van der Waals surface area contributed by atoms with E-state index in [1.807, 2.05) is 0 Å². The lowest BCUT2D eigenvalue weighted by Crippen LogP contribution is -2.39. The highest BCUT2D eigenvalue weighted by atomic mass is 16.4. The van der Waals surface area contributed by atoms with Crippen LogP contribution >= 0.6 is 0 Å². The minimum absolute atomic E-state index is 0.0421. The van der Waals surface area contributed by atoms with Gasteiger partial charge < -0.3 is 16.3 Å². The van der Waals surface area contributed by atoms with Gasteiger partial charge in [-0.15, -0.1) is 0 Å². The summed E-state index contributed by atoms with van der Waals surface area (Å²) in [6, 6.07) is 0. The number of oxime groups is 1. The number of hydrogen-bond donors (Lipinski definition) is 3. The van der Waals surface area contributed by atoms with Crippen molar-refractivity contribution in [3.8, 4) is 0 Å². The minimum Gasteiger partial charge on any atom is -0.409 e. The molecule has 5 heteroatoms. The van der Waals surface area contributed by atoms with Crippen molar-refractivity contribution in [3.63, 3.8) is 0 Å². The fraction of sp³-hybridized carbons (Fsp3) is 0.833. The summed E-state index contributed by atoms with van der Waals surface area (Å²) in [4.78, 5) is 11.7. The normalized spacial score (nSPS) is 27.5. The second-order valence-electron chi connectivity index (χ2n) is 5.13. The van der Waals surface area contributed by atoms with Crippen LogP contribution in [0.5, 0.6) is 0 Å². The molecule has 0 aliphatic heterocycles. The molecule has 1 fully saturated rings. The minimum atomic E-state index is -0.569. The molecule has 98 valence electrons. The number of hydrogen-bond acceptors (Lipinski definition) is 3. The van der Waals surface area contributed by atoms with Crippen molar-refractivity contribution in [1.29, 1.82) is 0 Å². The average Bonchev–Trinajstić information content (AvgIpc) is 2.34. The van der Waals surface area contributed by atoms with Crippen molar-refractivity contribution in [3.05, 3.63) is 0 Å². The van der Waals surface area contributed by atoms with E-state index in [1.54, 1.807) is 6.92 Å². The van der Waals surface area contributed by atoms with Crippen molar-refractivity contribution in [2.75, 3.05) is 6.54 Å². The molecule has 0 aromatic carbocycles. The summed E-state index contributed by atoms with van der Waals surface area (Å²) in [6.45, 7) is 4.59. The van der Waals surface area contributed by atoms with Crippen LogP contribution in [0, 0.1) is 17.8 Å². The molecule has 1 aliphatic rings. The number of rotatable bonds is 4. The van der Waals surface area contributed by atoms with E-state index in [-0.39, 0.29) is 11.7 Å². The third-order valence-corrected chi connectivity index (χ3v) is 3.56. The molecule has 3 unspecified atom stereocenters. The Bertz CT molecular complexity index is 291. The Hall–Kier alpha value is -1.26. The van der Waals surface area contributed by atoms with Gasteiger partial charge in [0, 0.05) is 6.54 Å². The third kappa shape index (κ3) is 4.24. The highest BCUT2D eigenvalue weighted by Crippen LogP contribution is 2.27. The lowest BCUT2D eigenvalue weighted by Gasteiger charge is -2.27. The van der Waals surface area contributed by atoms with E-state index in [4.69, 9.17) is 10.9 Å². The Morgan fingerprint density at radius 2 is 2.29 bits per heavy atom. The number of amides is 1. The van der Waals surface area contributed by atoms with Gasteiger partial charge in [0.25, 0.3) is 0 Å². The van der Waals surface area contributed by atoms with Crippen LogP contribution in [0.2, 0.25) is 0 Å². The number of nitrogens with zero attached hydrogens (tertiary/aromatic N) is 1. The standard InChI is InChI=1S/C12H23N3O2/c1-8-4-3-5-10(6-8)7-14-12(16)9(2)11(13)15-17/h8-10,17H,3-7H2,1-2H3,(H2,13,15)(H,14,16). The molecule has 1 rings (SSSR count). The van der Waals surface area contributed by atoms with Crippen molar-refractivity contribution >= 4 is 11.7 Å². The first-order chi connectivity index (χ1) is 8.04. The second-order valence-corrected chi connectivity index (χ2v) is 5.13. The first-order valence-electron chi connectivity index (χ1n) is 6.29. The van der Waals surface area contributed by atoms with Crippen LogP contribution in [0.1, 0.15) is 39.5 Å². The van der Waals surface area contributed by atoms with Gasteiger partial charge in [0.1, 0.15) is 0 Å². The molecule has 0 radical (unpaired) electrons. The fourth-order valence-electron chi connectivity index (χ4n) is 2.36. The fourth-order valence-corrected chi connectivity index (χ4v) is 2.36. The molecule has 0 aromatic rings. The summed E-state index contributed by atoms with van der Waals surface area (Å²) in [6.07, 6.45) is 4.91. The van der Waals surface area contributed by atoms with Crippen LogP contribution in [0.4, 0.5) is 0 Å². The molecule has 4 N–H and O–H groups in total. The molecule has 0 aromatic heterocycles. The molecule has 0 saturated heterocycles. The highest BCUT2D eigenvalue weighted by molar-refractivity contribution is 6.01. The van der Waals surface area contributed by atoms with Gasteiger partial charge in [0.2, 0.25) is 5.91 Å². The maximum atomic E-state index is 11.7. The summed E-state index contributed by atoms with van der Waals surface area (Å²) in [5.41, 5.74) is 5.39. The molecule has 17 heavy (non-hydrogen) atoms. The molecule has 5 nitrogen and oxygen atoms in total. The molecule has 1 amide bonds. The molecule has 1 saturated carbocycles. The monoisotopic (exact) mass is 241 g/mol. The Labute approximate surface area is 102 Å². The summed E-state index contributed by atoms with van der Waals surface area (Å²) >= 11 is 0. The van der Waals surface area contributed by atoms with Crippen LogP contribution in [0.3, 0.4) is 0 Å². The summed E-state index contributed by atoms with van der Waals surface area (Å²) in [5.74, 6) is 0.549. The molecule has 3 atom stereocenters. The zero-order chi connectivity index (χ0) is 12.8. The van der Waals surface area contributed by atoms with Gasteiger partial charge in [0.15, 0.2) is 5.84 Å². The predicted octanol–water partition coefficient (Wildman–Crippen LogP) is 1.31. The molecule has 0 spiro atoms. The van der Waals surface area contributed by atoms with Crippen molar-refractivity contribution in [2.45, 2.75) is 39.5 Å². The molecule has 1 aliphatic carbocycles. The van der Waals surface area contributed by atoms with Crippen LogP contribution < -0.4 is 11.1 Å². The average molecular weight is 241 g/mol. The largest absolute Gasteiger partial charge is 0.409 e. The highest BCUT2D eigenvalue weighted by Gasteiger charge is 2.22. The maximum Gasteiger partial charge on any atom is 0.230 e. The maximum absolute atomic E-state index is 11.7. The van der Waals surface area contributed by atoms with Crippen LogP contribution in [0.25, 0.3) is 0 Å². The van der Waals surface area contributed by atoms with E-state index >= 15 is 0 Å². The van der Waals surface area contributed by atoms with Gasteiger partial charge in [0.05, 0.1) is 5.92 Å². The Morgan fingerprint density at radius 1 is 1.59 bits per heavy atom. The summed E-state index contributed by atoms with van der Waals surface area (Å²) < 4.78 is 0. The molecular formula is C12H23N3O2. The SMILES string of the molecule is CC1CCCC(CNC(=O)C(C)C(N)=NO)C1. The van der Waals surface area contributed by atoms with E-state index in [0.717, 1.165) is 5.92 Å². The van der Waals surface area contributed by atoms with Gasteiger partial charge in [-0.1, -0.05) is 24.9 Å². The van der Waals surface area contributed by atoms with Gasteiger partial charge in [-0.3, -0.25) is 4.79 Å². The number of carbonyl (C=O) groups is 1. The number of amidine groups is 1. The van der Waals surface area contributed by atoms with E-state index in [9.17, 15) is 4.79 Å². The summed E-state index contributed by atoms with van der Waals surface area (Å²) in [5, 5.41) is 14.2. The first kappa shape index (κ1) is 13.8. The molecular weight excluding hydrogens is 218 g/mol. The lowest BCUT2D eigenvalue weighted by atomic mass is 9.82. The quantitative estimate of drug-likeness (QED) is 0.300. The van der Waals surface area contributed by atoms with Gasteiger partial charge >= 0.3 is 0 Å². The number of nitrogens with two attached hydrogens (primary N) is 1. The first-order valence-corrected chi connectivity index (χ1v) is 6.29. The third-order valence-electron chi connectivity index (χ3n) is 3.56. The van der Waals surface area contributed by atoms with E-state index in [1.165, 1.54) is 25.7 Å². The Balaban J connectivity index is 2.32. The van der Waals surface area contributed by atoms with Gasteiger partial charge in [-0.2, -0.15) is 0 Å².